The maximum Gasteiger partial charge on any atom is 0.0499 e. The largest absolute Gasteiger partial charge is 0.396 e. The molecular weight excluding hydrogens is 112 g/mol. The van der Waals surface area contributed by atoms with Gasteiger partial charge in [-0.25, -0.2) is 0 Å². The zero-order chi connectivity index (χ0) is 7.28. The van der Waals surface area contributed by atoms with Gasteiger partial charge in [0.25, 0.3) is 0 Å². The minimum Gasteiger partial charge on any atom is -0.396 e. The third-order valence-electron chi connectivity index (χ3n) is 1.56. The van der Waals surface area contributed by atoms with Crippen LogP contribution in [-0.2, 0) is 0 Å². The van der Waals surface area contributed by atoms with Crippen LogP contribution >= 0.6 is 0 Å². The van der Waals surface area contributed by atoms with Crippen LogP contribution in [0.2, 0.25) is 0 Å². The molecule has 52 valence electrons. The SMILES string of the molecule is C=CC(C)C(C=C)CO. The Morgan fingerprint density at radius 2 is 2.00 bits per heavy atom. The number of hydrogen-bond acceptors (Lipinski definition) is 1. The highest BCUT2D eigenvalue weighted by Gasteiger charge is 2.07. The first-order valence-corrected chi connectivity index (χ1v) is 3.12. The molecule has 0 saturated heterocycles. The van der Waals surface area contributed by atoms with Gasteiger partial charge in [0.1, 0.15) is 0 Å². The molecule has 0 aliphatic carbocycles. The lowest BCUT2D eigenvalue weighted by Crippen LogP contribution is -2.10. The van der Waals surface area contributed by atoms with Gasteiger partial charge in [0.05, 0.1) is 0 Å². The Kier molecular flexibility index (Phi) is 4.06. The molecule has 2 atom stereocenters. The van der Waals surface area contributed by atoms with Crippen LogP contribution in [0.1, 0.15) is 6.92 Å². The van der Waals surface area contributed by atoms with Crippen molar-refractivity contribution >= 4 is 0 Å². The second-order valence-electron chi connectivity index (χ2n) is 2.18. The van der Waals surface area contributed by atoms with E-state index in [1.54, 1.807) is 6.08 Å². The van der Waals surface area contributed by atoms with Gasteiger partial charge in [-0.3, -0.25) is 0 Å². The average molecular weight is 126 g/mol. The topological polar surface area (TPSA) is 20.2 Å². The van der Waals surface area contributed by atoms with E-state index in [1.165, 1.54) is 0 Å². The lowest BCUT2D eigenvalue weighted by Gasteiger charge is -2.12. The van der Waals surface area contributed by atoms with E-state index < -0.39 is 0 Å². The zero-order valence-electron chi connectivity index (χ0n) is 5.88. The van der Waals surface area contributed by atoms with Crippen molar-refractivity contribution < 1.29 is 5.11 Å². The van der Waals surface area contributed by atoms with E-state index in [0.29, 0.717) is 5.92 Å². The molecule has 0 aromatic rings. The van der Waals surface area contributed by atoms with Gasteiger partial charge in [-0.2, -0.15) is 0 Å². The Labute approximate surface area is 56.7 Å². The molecule has 9 heavy (non-hydrogen) atoms. The van der Waals surface area contributed by atoms with Gasteiger partial charge in [0.15, 0.2) is 0 Å². The smallest absolute Gasteiger partial charge is 0.0499 e. The molecular formula is C8H14O. The maximum atomic E-state index is 8.71. The Morgan fingerprint density at radius 3 is 2.11 bits per heavy atom. The quantitative estimate of drug-likeness (QED) is 0.567. The summed E-state index contributed by atoms with van der Waals surface area (Å²) >= 11 is 0. The fourth-order valence-electron chi connectivity index (χ4n) is 0.630. The second kappa shape index (κ2) is 4.33. The molecule has 0 rings (SSSR count). The molecule has 0 amide bonds. The summed E-state index contributed by atoms with van der Waals surface area (Å²) in [5.74, 6) is 0.495. The van der Waals surface area contributed by atoms with Crippen LogP contribution in [0.15, 0.2) is 25.3 Å². The van der Waals surface area contributed by atoms with E-state index in [-0.39, 0.29) is 12.5 Å². The van der Waals surface area contributed by atoms with Crippen molar-refractivity contribution in [2.24, 2.45) is 11.8 Å². The van der Waals surface area contributed by atoms with Crippen LogP contribution in [0.3, 0.4) is 0 Å². The summed E-state index contributed by atoms with van der Waals surface area (Å²) in [6.45, 7) is 9.38. The van der Waals surface area contributed by atoms with Gasteiger partial charge >= 0.3 is 0 Å². The Morgan fingerprint density at radius 1 is 1.44 bits per heavy atom. The summed E-state index contributed by atoms with van der Waals surface area (Å²) in [6.07, 6.45) is 3.58. The predicted molar refractivity (Wildman–Crippen MR) is 40.1 cm³/mol. The van der Waals surface area contributed by atoms with Crippen LogP contribution in [0.5, 0.6) is 0 Å². The molecule has 1 nitrogen and oxygen atoms in total. The summed E-state index contributed by atoms with van der Waals surface area (Å²) in [4.78, 5) is 0. The van der Waals surface area contributed by atoms with Gasteiger partial charge in [-0.05, 0) is 5.92 Å². The van der Waals surface area contributed by atoms with Crippen LogP contribution in [0, 0.1) is 11.8 Å². The first-order chi connectivity index (χ1) is 4.26. The highest BCUT2D eigenvalue weighted by atomic mass is 16.3. The van der Waals surface area contributed by atoms with Crippen molar-refractivity contribution in [3.05, 3.63) is 25.3 Å². The van der Waals surface area contributed by atoms with Gasteiger partial charge in [0, 0.05) is 12.5 Å². The van der Waals surface area contributed by atoms with Gasteiger partial charge in [0.2, 0.25) is 0 Å². The van der Waals surface area contributed by atoms with Crippen LogP contribution in [0.4, 0.5) is 0 Å². The van der Waals surface area contributed by atoms with Crippen LogP contribution in [0.25, 0.3) is 0 Å². The summed E-state index contributed by atoms with van der Waals surface area (Å²) in [5, 5.41) is 8.71. The zero-order valence-corrected chi connectivity index (χ0v) is 5.88. The summed E-state index contributed by atoms with van der Waals surface area (Å²) < 4.78 is 0. The molecule has 0 fully saturated rings. The fourth-order valence-corrected chi connectivity index (χ4v) is 0.630. The number of hydrogen-bond donors (Lipinski definition) is 1. The minimum atomic E-state index is 0.163. The molecule has 0 saturated carbocycles. The predicted octanol–water partition coefficient (Wildman–Crippen LogP) is 1.60. The molecule has 0 heterocycles. The lowest BCUT2D eigenvalue weighted by atomic mass is 9.95. The van der Waals surface area contributed by atoms with E-state index in [1.807, 2.05) is 13.0 Å². The molecule has 0 aliphatic rings. The van der Waals surface area contributed by atoms with E-state index in [0.717, 1.165) is 0 Å². The van der Waals surface area contributed by atoms with E-state index in [2.05, 4.69) is 13.2 Å². The van der Waals surface area contributed by atoms with Crippen LogP contribution < -0.4 is 0 Å². The van der Waals surface area contributed by atoms with Gasteiger partial charge < -0.3 is 5.11 Å². The molecule has 0 radical (unpaired) electrons. The summed E-state index contributed by atoms with van der Waals surface area (Å²) in [6, 6.07) is 0. The summed E-state index contributed by atoms with van der Waals surface area (Å²) in [7, 11) is 0. The molecule has 1 N–H and O–H groups in total. The van der Waals surface area contributed by atoms with Crippen molar-refractivity contribution in [3.8, 4) is 0 Å². The third kappa shape index (κ3) is 2.47. The molecule has 0 aromatic carbocycles. The van der Waals surface area contributed by atoms with Crippen molar-refractivity contribution in [3.63, 3.8) is 0 Å². The highest BCUT2D eigenvalue weighted by molar-refractivity contribution is 4.90. The Hall–Kier alpha value is -0.560. The number of allylic oxidation sites excluding steroid dienone is 1. The number of aliphatic hydroxyl groups is 1. The number of aliphatic hydroxyl groups excluding tert-OH is 1. The fraction of sp³-hybridized carbons (Fsp3) is 0.500. The van der Waals surface area contributed by atoms with Gasteiger partial charge in [-0.15, -0.1) is 13.2 Å². The minimum absolute atomic E-state index is 0.163. The first-order valence-electron chi connectivity index (χ1n) is 3.12. The van der Waals surface area contributed by atoms with Crippen molar-refractivity contribution in [1.82, 2.24) is 0 Å². The monoisotopic (exact) mass is 126 g/mol. The average Bonchev–Trinajstić information content (AvgIpc) is 1.90. The Bertz CT molecular complexity index is 96.7. The van der Waals surface area contributed by atoms with E-state index >= 15 is 0 Å². The normalized spacial score (nSPS) is 16.2. The van der Waals surface area contributed by atoms with E-state index in [4.69, 9.17) is 5.11 Å². The number of rotatable bonds is 4. The standard InChI is InChI=1S/C8H14O/c1-4-7(3)8(5-2)6-9/h4-5,7-9H,1-2,6H2,3H3. The highest BCUT2D eigenvalue weighted by Crippen LogP contribution is 2.11. The molecule has 0 aliphatic heterocycles. The van der Waals surface area contributed by atoms with Crippen molar-refractivity contribution in [2.75, 3.05) is 6.61 Å². The molecule has 1 heteroatoms. The molecule has 0 bridgehead atoms. The van der Waals surface area contributed by atoms with Crippen molar-refractivity contribution in [2.45, 2.75) is 6.92 Å². The third-order valence-corrected chi connectivity index (χ3v) is 1.56. The van der Waals surface area contributed by atoms with Crippen molar-refractivity contribution in [1.29, 1.82) is 0 Å². The summed E-state index contributed by atoms with van der Waals surface area (Å²) in [5.41, 5.74) is 0. The van der Waals surface area contributed by atoms with Crippen LogP contribution in [-0.4, -0.2) is 11.7 Å². The second-order valence-corrected chi connectivity index (χ2v) is 2.18. The molecule has 0 spiro atoms. The molecule has 0 aromatic heterocycles. The lowest BCUT2D eigenvalue weighted by molar-refractivity contribution is 0.230. The molecule has 2 unspecified atom stereocenters. The maximum absolute atomic E-state index is 8.71. The Balaban J connectivity index is 3.77. The first kappa shape index (κ1) is 8.44. The van der Waals surface area contributed by atoms with Gasteiger partial charge in [-0.1, -0.05) is 19.1 Å². The van der Waals surface area contributed by atoms with E-state index in [9.17, 15) is 0 Å².